The molecule has 0 fully saturated rings. The number of unbranched alkanes of at least 4 members (excludes halogenated alkanes) is 1. The smallest absolute Gasteiger partial charge is 0.150 e. The normalized spacial score (nSPS) is 13.4. The molecule has 0 aromatic heterocycles. The first kappa shape index (κ1) is 15.9. The summed E-state index contributed by atoms with van der Waals surface area (Å²) < 4.78 is 23.2. The van der Waals surface area contributed by atoms with Crippen molar-refractivity contribution in [2.24, 2.45) is 5.92 Å². The number of hydrogen-bond donors (Lipinski definition) is 1. The third-order valence-corrected chi connectivity index (χ3v) is 4.21. The molecule has 0 aromatic carbocycles. The van der Waals surface area contributed by atoms with Gasteiger partial charge >= 0.3 is 0 Å². The van der Waals surface area contributed by atoms with Crippen molar-refractivity contribution in [1.29, 1.82) is 0 Å². The summed E-state index contributed by atoms with van der Waals surface area (Å²) in [5, 5.41) is 3.35. The van der Waals surface area contributed by atoms with Gasteiger partial charge in [0, 0.05) is 5.54 Å². The van der Waals surface area contributed by atoms with Gasteiger partial charge < -0.3 is 5.32 Å². The van der Waals surface area contributed by atoms with Crippen LogP contribution in [0.5, 0.6) is 0 Å². The van der Waals surface area contributed by atoms with E-state index in [2.05, 4.69) is 26.1 Å². The fourth-order valence-electron chi connectivity index (χ4n) is 1.50. The van der Waals surface area contributed by atoms with Crippen LogP contribution in [0.25, 0.3) is 0 Å². The van der Waals surface area contributed by atoms with E-state index < -0.39 is 9.84 Å². The molecule has 4 heteroatoms. The van der Waals surface area contributed by atoms with Crippen molar-refractivity contribution in [3.63, 3.8) is 0 Å². The van der Waals surface area contributed by atoms with Gasteiger partial charge in [0.05, 0.1) is 11.5 Å². The van der Waals surface area contributed by atoms with Gasteiger partial charge in [0.2, 0.25) is 0 Å². The lowest BCUT2D eigenvalue weighted by atomic mass is 10.1. The van der Waals surface area contributed by atoms with Crippen molar-refractivity contribution < 1.29 is 8.42 Å². The zero-order valence-corrected chi connectivity index (χ0v) is 12.2. The lowest BCUT2D eigenvalue weighted by Gasteiger charge is -2.20. The zero-order valence-electron chi connectivity index (χ0n) is 11.3. The maximum Gasteiger partial charge on any atom is 0.150 e. The Balaban J connectivity index is 3.67. The average Bonchev–Trinajstić information content (AvgIpc) is 1.98. The molecule has 98 valence electrons. The average molecular weight is 249 g/mol. The molecule has 0 aromatic rings. The van der Waals surface area contributed by atoms with Crippen LogP contribution in [0.1, 0.15) is 47.5 Å². The van der Waals surface area contributed by atoms with Crippen LogP contribution in [0.4, 0.5) is 0 Å². The molecule has 1 N–H and O–H groups in total. The van der Waals surface area contributed by atoms with E-state index in [1.807, 2.05) is 13.8 Å². The molecule has 0 aliphatic heterocycles. The summed E-state index contributed by atoms with van der Waals surface area (Å²) in [4.78, 5) is 0. The van der Waals surface area contributed by atoms with Crippen LogP contribution < -0.4 is 5.32 Å². The largest absolute Gasteiger partial charge is 0.312 e. The van der Waals surface area contributed by atoms with Crippen molar-refractivity contribution in [3.8, 4) is 0 Å². The highest BCUT2D eigenvalue weighted by atomic mass is 32.2. The lowest BCUT2D eigenvalue weighted by molar-refractivity contribution is 0.421. The van der Waals surface area contributed by atoms with Gasteiger partial charge in [-0.15, -0.1) is 0 Å². The third-order valence-electron chi connectivity index (χ3n) is 2.12. The van der Waals surface area contributed by atoms with Gasteiger partial charge in [0.15, 0.2) is 9.84 Å². The van der Waals surface area contributed by atoms with Crippen LogP contribution in [-0.4, -0.2) is 32.0 Å². The van der Waals surface area contributed by atoms with Crippen LogP contribution in [0.3, 0.4) is 0 Å². The molecule has 0 saturated carbocycles. The monoisotopic (exact) mass is 249 g/mol. The second-order valence-corrected chi connectivity index (χ2v) is 8.12. The Hall–Kier alpha value is -0.0900. The summed E-state index contributed by atoms with van der Waals surface area (Å²) in [7, 11) is -2.82. The second kappa shape index (κ2) is 6.60. The number of rotatable bonds is 7. The third kappa shape index (κ3) is 10.4. The van der Waals surface area contributed by atoms with Gasteiger partial charge in [0.1, 0.15) is 0 Å². The maximum atomic E-state index is 11.6. The van der Waals surface area contributed by atoms with Crippen molar-refractivity contribution in [2.45, 2.75) is 53.0 Å². The number of sulfone groups is 1. The van der Waals surface area contributed by atoms with Crippen molar-refractivity contribution in [2.75, 3.05) is 18.1 Å². The molecule has 0 saturated heterocycles. The Bertz CT molecular complexity index is 276. The number of nitrogens with one attached hydrogen (secondary N) is 1. The van der Waals surface area contributed by atoms with E-state index >= 15 is 0 Å². The minimum Gasteiger partial charge on any atom is -0.312 e. The van der Waals surface area contributed by atoms with Crippen LogP contribution in [-0.2, 0) is 9.84 Å². The molecule has 0 atom stereocenters. The Morgan fingerprint density at radius 1 is 1.12 bits per heavy atom. The predicted octanol–water partition coefficient (Wildman–Crippen LogP) is 2.23. The second-order valence-electron chi connectivity index (χ2n) is 5.89. The maximum absolute atomic E-state index is 11.6. The van der Waals surface area contributed by atoms with Gasteiger partial charge in [0.25, 0.3) is 0 Å². The van der Waals surface area contributed by atoms with E-state index in [0.717, 1.165) is 19.4 Å². The van der Waals surface area contributed by atoms with Crippen LogP contribution in [0.15, 0.2) is 0 Å². The van der Waals surface area contributed by atoms with Crippen LogP contribution in [0.2, 0.25) is 0 Å². The number of hydrogen-bond acceptors (Lipinski definition) is 3. The zero-order chi connectivity index (χ0) is 12.8. The van der Waals surface area contributed by atoms with Gasteiger partial charge in [-0.1, -0.05) is 13.8 Å². The van der Waals surface area contributed by atoms with E-state index in [1.165, 1.54) is 0 Å². The molecule has 0 radical (unpaired) electrons. The quantitative estimate of drug-likeness (QED) is 0.704. The summed E-state index contributed by atoms with van der Waals surface area (Å²) in [6.07, 6.45) is 1.69. The predicted molar refractivity (Wildman–Crippen MR) is 70.5 cm³/mol. The first-order valence-corrected chi connectivity index (χ1v) is 7.90. The van der Waals surface area contributed by atoms with E-state index in [9.17, 15) is 8.42 Å². The Labute approximate surface area is 101 Å². The van der Waals surface area contributed by atoms with Crippen LogP contribution in [0, 0.1) is 5.92 Å². The molecule has 0 amide bonds. The standard InChI is InChI=1S/C12H27NO2S/c1-11(2)10-16(14,15)9-7-6-8-13-12(3,4)5/h11,13H,6-10H2,1-5H3. The van der Waals surface area contributed by atoms with Crippen molar-refractivity contribution >= 4 is 9.84 Å². The summed E-state index contributed by atoms with van der Waals surface area (Å²) in [5.41, 5.74) is 0.122. The Morgan fingerprint density at radius 3 is 2.12 bits per heavy atom. The molecule has 16 heavy (non-hydrogen) atoms. The summed E-state index contributed by atoms with van der Waals surface area (Å²) in [5.74, 6) is 0.883. The van der Waals surface area contributed by atoms with Gasteiger partial charge in [-0.2, -0.15) is 0 Å². The van der Waals surface area contributed by atoms with Gasteiger partial charge in [-0.05, 0) is 46.1 Å². The summed E-state index contributed by atoms with van der Waals surface area (Å²) in [6, 6.07) is 0. The SMILES string of the molecule is CC(C)CS(=O)(=O)CCCCNC(C)(C)C. The molecule has 0 unspecified atom stereocenters. The molecule has 3 nitrogen and oxygen atoms in total. The van der Waals surface area contributed by atoms with Crippen LogP contribution >= 0.6 is 0 Å². The molecule has 0 aliphatic carbocycles. The molecule has 0 bridgehead atoms. The van der Waals surface area contributed by atoms with Gasteiger partial charge in [-0.25, -0.2) is 8.42 Å². The Morgan fingerprint density at radius 2 is 1.69 bits per heavy atom. The first-order chi connectivity index (χ1) is 7.12. The fraction of sp³-hybridized carbons (Fsp3) is 1.00. The molecular formula is C12H27NO2S. The van der Waals surface area contributed by atoms with E-state index in [4.69, 9.17) is 0 Å². The van der Waals surface area contributed by atoms with Gasteiger partial charge in [-0.3, -0.25) is 0 Å². The van der Waals surface area contributed by atoms with Crippen molar-refractivity contribution in [3.05, 3.63) is 0 Å². The molecule has 0 spiro atoms. The minimum atomic E-state index is -2.82. The minimum absolute atomic E-state index is 0.122. The molecule has 0 aliphatic rings. The van der Waals surface area contributed by atoms with Crippen molar-refractivity contribution in [1.82, 2.24) is 5.32 Å². The molecular weight excluding hydrogens is 222 g/mol. The highest BCUT2D eigenvalue weighted by Gasteiger charge is 2.13. The highest BCUT2D eigenvalue weighted by Crippen LogP contribution is 2.04. The van der Waals surface area contributed by atoms with E-state index in [-0.39, 0.29) is 11.5 Å². The van der Waals surface area contributed by atoms with E-state index in [1.54, 1.807) is 0 Å². The fourth-order valence-corrected chi connectivity index (χ4v) is 3.33. The lowest BCUT2D eigenvalue weighted by Crippen LogP contribution is -2.36. The first-order valence-electron chi connectivity index (χ1n) is 6.08. The topological polar surface area (TPSA) is 46.2 Å². The highest BCUT2D eigenvalue weighted by molar-refractivity contribution is 7.91. The molecule has 0 rings (SSSR count). The summed E-state index contributed by atoms with van der Waals surface area (Å²) >= 11 is 0. The molecule has 0 heterocycles. The summed E-state index contributed by atoms with van der Waals surface area (Å²) in [6.45, 7) is 11.1. The Kier molecular flexibility index (Phi) is 6.56. The van der Waals surface area contributed by atoms with E-state index in [0.29, 0.717) is 11.5 Å².